The molecular weight excluding hydrogens is 444 g/mol. The largest absolute Gasteiger partial charge is 0.378 e. The van der Waals surface area contributed by atoms with Crippen LogP contribution in [0.2, 0.25) is 0 Å². The number of carbonyl (C=O) groups is 1. The lowest BCUT2D eigenvalue weighted by Crippen LogP contribution is -2.37. The summed E-state index contributed by atoms with van der Waals surface area (Å²) in [4.78, 5) is 25.5. The number of hydrogen-bond acceptors (Lipinski definition) is 8. The smallest absolute Gasteiger partial charge is 0.252 e. The Morgan fingerprint density at radius 2 is 2.03 bits per heavy atom. The zero-order valence-electron chi connectivity index (χ0n) is 18.4. The lowest BCUT2D eigenvalue weighted by molar-refractivity contribution is 0.0949. The summed E-state index contributed by atoms with van der Waals surface area (Å²) < 4.78 is 7.37. The van der Waals surface area contributed by atoms with E-state index in [2.05, 4.69) is 22.2 Å². The molecule has 8 nitrogen and oxygen atoms in total. The molecule has 1 aliphatic heterocycles. The van der Waals surface area contributed by atoms with Crippen LogP contribution < -0.4 is 10.2 Å². The van der Waals surface area contributed by atoms with Gasteiger partial charge in [0.05, 0.1) is 36.9 Å². The maximum atomic E-state index is 12.6. The molecule has 2 aromatic heterocycles. The molecule has 3 heterocycles. The normalized spacial score (nSPS) is 14.1. The minimum atomic E-state index is -0.0748. The van der Waals surface area contributed by atoms with E-state index in [1.54, 1.807) is 23.5 Å². The summed E-state index contributed by atoms with van der Waals surface area (Å²) in [6.45, 7) is 6.15. The van der Waals surface area contributed by atoms with Crippen molar-refractivity contribution >= 4 is 46.3 Å². The van der Waals surface area contributed by atoms with Crippen molar-refractivity contribution in [3.8, 4) is 0 Å². The molecule has 1 amide bonds. The Morgan fingerprint density at radius 1 is 1.22 bits per heavy atom. The van der Waals surface area contributed by atoms with E-state index in [0.29, 0.717) is 31.9 Å². The van der Waals surface area contributed by atoms with Gasteiger partial charge in [-0.15, -0.1) is 11.8 Å². The zero-order valence-corrected chi connectivity index (χ0v) is 20.0. The minimum Gasteiger partial charge on any atom is -0.378 e. The third-order valence-corrected chi connectivity index (χ3v) is 7.01. The Hall–Kier alpha value is -2.30. The van der Waals surface area contributed by atoms with Crippen molar-refractivity contribution in [3.05, 3.63) is 36.0 Å². The van der Waals surface area contributed by atoms with Crippen molar-refractivity contribution < 1.29 is 9.53 Å². The number of nitrogens with one attached hydrogen (secondary N) is 1. The third kappa shape index (κ3) is 5.19. The SMILES string of the molecule is CCCSc1nc(N2CCOCC2)c2cnn(CCNC(=O)c3ccccc3SC)c2n1. The second-order valence-corrected chi connectivity index (χ2v) is 9.25. The fourth-order valence-corrected chi connectivity index (χ4v) is 4.85. The van der Waals surface area contributed by atoms with Gasteiger partial charge >= 0.3 is 0 Å². The Balaban J connectivity index is 1.53. The van der Waals surface area contributed by atoms with Gasteiger partial charge in [-0.25, -0.2) is 14.6 Å². The van der Waals surface area contributed by atoms with E-state index < -0.39 is 0 Å². The number of rotatable bonds is 9. The average molecular weight is 473 g/mol. The van der Waals surface area contributed by atoms with Gasteiger partial charge in [0.25, 0.3) is 5.91 Å². The molecule has 32 heavy (non-hydrogen) atoms. The molecule has 1 N–H and O–H groups in total. The van der Waals surface area contributed by atoms with E-state index in [1.807, 2.05) is 41.4 Å². The van der Waals surface area contributed by atoms with Gasteiger partial charge in [0.15, 0.2) is 10.8 Å². The summed E-state index contributed by atoms with van der Waals surface area (Å²) in [6.07, 6.45) is 4.86. The molecule has 1 aromatic carbocycles. The number of hydrogen-bond donors (Lipinski definition) is 1. The zero-order chi connectivity index (χ0) is 22.3. The maximum Gasteiger partial charge on any atom is 0.252 e. The van der Waals surface area contributed by atoms with Gasteiger partial charge in [-0.05, 0) is 24.8 Å². The lowest BCUT2D eigenvalue weighted by atomic mass is 10.2. The topological polar surface area (TPSA) is 85.2 Å². The second kappa shape index (κ2) is 11.0. The molecule has 170 valence electrons. The first kappa shape index (κ1) is 22.9. The van der Waals surface area contributed by atoms with Gasteiger partial charge in [-0.3, -0.25) is 4.79 Å². The molecule has 1 aliphatic rings. The van der Waals surface area contributed by atoms with E-state index in [0.717, 1.165) is 52.2 Å². The van der Waals surface area contributed by atoms with E-state index in [9.17, 15) is 4.79 Å². The van der Waals surface area contributed by atoms with Crippen molar-refractivity contribution in [3.63, 3.8) is 0 Å². The van der Waals surface area contributed by atoms with Crippen LogP contribution in [0.5, 0.6) is 0 Å². The number of aromatic nitrogens is 4. The first-order valence-electron chi connectivity index (χ1n) is 10.8. The molecule has 0 spiro atoms. The Kier molecular flexibility index (Phi) is 7.88. The maximum absolute atomic E-state index is 12.6. The average Bonchev–Trinajstić information content (AvgIpc) is 3.25. The third-order valence-electron chi connectivity index (χ3n) is 5.16. The van der Waals surface area contributed by atoms with Crippen molar-refractivity contribution in [2.75, 3.05) is 49.8 Å². The molecule has 0 radical (unpaired) electrons. The monoisotopic (exact) mass is 472 g/mol. The number of fused-ring (bicyclic) bond motifs is 1. The van der Waals surface area contributed by atoms with Crippen LogP contribution in [0.25, 0.3) is 11.0 Å². The Bertz CT molecular complexity index is 1070. The van der Waals surface area contributed by atoms with Crippen LogP contribution in [0, 0.1) is 0 Å². The summed E-state index contributed by atoms with van der Waals surface area (Å²) in [6, 6.07) is 7.64. The Morgan fingerprint density at radius 3 is 2.81 bits per heavy atom. The standard InChI is InChI=1S/C22H28N6O2S2/c1-3-14-32-22-25-19(27-10-12-30-13-11-27)17-15-24-28(20(17)26-22)9-8-23-21(29)16-6-4-5-7-18(16)31-2/h4-7,15H,3,8-14H2,1-2H3,(H,23,29). The molecule has 3 aromatic rings. The van der Waals surface area contributed by atoms with Gasteiger partial charge in [-0.2, -0.15) is 5.10 Å². The van der Waals surface area contributed by atoms with Crippen molar-refractivity contribution in [1.82, 2.24) is 25.1 Å². The molecule has 10 heteroatoms. The van der Waals surface area contributed by atoms with Crippen LogP contribution in [0.4, 0.5) is 5.82 Å². The summed E-state index contributed by atoms with van der Waals surface area (Å²) in [5.41, 5.74) is 1.50. The number of morpholine rings is 1. The van der Waals surface area contributed by atoms with Crippen LogP contribution >= 0.6 is 23.5 Å². The molecule has 0 saturated carbocycles. The van der Waals surface area contributed by atoms with Crippen LogP contribution in [-0.4, -0.2) is 70.5 Å². The summed E-state index contributed by atoms with van der Waals surface area (Å²) in [7, 11) is 0. The predicted octanol–water partition coefficient (Wildman–Crippen LogP) is 3.32. The van der Waals surface area contributed by atoms with Gasteiger partial charge in [-0.1, -0.05) is 30.8 Å². The predicted molar refractivity (Wildman–Crippen MR) is 130 cm³/mol. The van der Waals surface area contributed by atoms with Crippen LogP contribution in [0.1, 0.15) is 23.7 Å². The fraction of sp³-hybridized carbons (Fsp3) is 0.455. The van der Waals surface area contributed by atoms with Crippen LogP contribution in [0.15, 0.2) is 40.5 Å². The molecule has 0 bridgehead atoms. The lowest BCUT2D eigenvalue weighted by Gasteiger charge is -2.28. The van der Waals surface area contributed by atoms with E-state index in [4.69, 9.17) is 14.7 Å². The molecule has 0 aliphatic carbocycles. The van der Waals surface area contributed by atoms with Gasteiger partial charge in [0.2, 0.25) is 0 Å². The highest BCUT2D eigenvalue weighted by Gasteiger charge is 2.20. The number of benzene rings is 1. The van der Waals surface area contributed by atoms with Crippen LogP contribution in [0.3, 0.4) is 0 Å². The molecule has 4 rings (SSSR count). The highest BCUT2D eigenvalue weighted by atomic mass is 32.2. The van der Waals surface area contributed by atoms with Crippen LogP contribution in [-0.2, 0) is 11.3 Å². The number of thioether (sulfide) groups is 2. The highest BCUT2D eigenvalue weighted by Crippen LogP contribution is 2.28. The van der Waals surface area contributed by atoms with E-state index in [-0.39, 0.29) is 5.91 Å². The van der Waals surface area contributed by atoms with Crippen molar-refractivity contribution in [2.24, 2.45) is 0 Å². The minimum absolute atomic E-state index is 0.0748. The van der Waals surface area contributed by atoms with Crippen molar-refractivity contribution in [1.29, 1.82) is 0 Å². The number of amides is 1. The van der Waals surface area contributed by atoms with Gasteiger partial charge < -0.3 is 15.0 Å². The molecule has 0 atom stereocenters. The number of ether oxygens (including phenoxy) is 1. The van der Waals surface area contributed by atoms with Crippen molar-refractivity contribution in [2.45, 2.75) is 29.9 Å². The van der Waals surface area contributed by atoms with Gasteiger partial charge in [0.1, 0.15) is 5.82 Å². The molecule has 1 saturated heterocycles. The molecule has 0 unspecified atom stereocenters. The quantitative estimate of drug-likeness (QED) is 0.375. The van der Waals surface area contributed by atoms with E-state index in [1.165, 1.54) is 0 Å². The molecular formula is C22H28N6O2S2. The Labute approximate surface area is 196 Å². The molecule has 1 fully saturated rings. The van der Waals surface area contributed by atoms with E-state index >= 15 is 0 Å². The number of nitrogens with zero attached hydrogens (tertiary/aromatic N) is 5. The summed E-state index contributed by atoms with van der Waals surface area (Å²) >= 11 is 3.23. The summed E-state index contributed by atoms with van der Waals surface area (Å²) in [5, 5.41) is 9.28. The summed E-state index contributed by atoms with van der Waals surface area (Å²) in [5.74, 6) is 1.81. The number of carbonyl (C=O) groups excluding carboxylic acids is 1. The number of anilines is 1. The van der Waals surface area contributed by atoms with Gasteiger partial charge in [0, 0.05) is 30.3 Å². The fourth-order valence-electron chi connectivity index (χ4n) is 3.56. The second-order valence-electron chi connectivity index (χ2n) is 7.34. The first-order chi connectivity index (χ1) is 15.7. The first-order valence-corrected chi connectivity index (χ1v) is 13.0. The highest BCUT2D eigenvalue weighted by molar-refractivity contribution is 7.99.